The van der Waals surface area contributed by atoms with E-state index in [9.17, 15) is 26.4 Å². The minimum Gasteiger partial charge on any atom is -0.406 e. The number of carbonyl (C=O) groups is 1. The third-order valence-electron chi connectivity index (χ3n) is 4.56. The predicted octanol–water partition coefficient (Wildman–Crippen LogP) is 3.62. The Bertz CT molecular complexity index is 940. The smallest absolute Gasteiger partial charge is 0.406 e. The lowest BCUT2D eigenvalue weighted by molar-refractivity contribution is -0.274. The Labute approximate surface area is 166 Å². The lowest BCUT2D eigenvalue weighted by Gasteiger charge is -2.30. The van der Waals surface area contributed by atoms with Gasteiger partial charge in [-0.15, -0.1) is 13.2 Å². The van der Waals surface area contributed by atoms with Crippen LogP contribution in [-0.2, 0) is 14.8 Å². The molecule has 0 radical (unpaired) electrons. The molecule has 10 heteroatoms. The summed E-state index contributed by atoms with van der Waals surface area (Å²) in [4.78, 5) is 12.6. The second kappa shape index (κ2) is 8.42. The van der Waals surface area contributed by atoms with E-state index in [0.717, 1.165) is 12.1 Å². The average Bonchev–Trinajstić information content (AvgIpc) is 2.69. The lowest BCUT2D eigenvalue weighted by Crippen LogP contribution is -2.41. The maximum atomic E-state index is 12.6. The molecular formula is C19H19F3N2O4S. The molecule has 1 N–H and O–H groups in total. The summed E-state index contributed by atoms with van der Waals surface area (Å²) in [6.45, 7) is 0.432. The molecular weight excluding hydrogens is 409 g/mol. The average molecular weight is 428 g/mol. The van der Waals surface area contributed by atoms with Crippen molar-refractivity contribution in [3.8, 4) is 5.75 Å². The first kappa shape index (κ1) is 21.1. The van der Waals surface area contributed by atoms with Crippen molar-refractivity contribution in [3.63, 3.8) is 0 Å². The van der Waals surface area contributed by atoms with Gasteiger partial charge in [-0.05, 0) is 49.2 Å². The Morgan fingerprint density at radius 3 is 2.14 bits per heavy atom. The summed E-state index contributed by atoms with van der Waals surface area (Å²) in [6.07, 6.45) is -4.07. The zero-order valence-electron chi connectivity index (χ0n) is 15.2. The SMILES string of the molecule is O=C(Nc1ccc(OC(F)(F)F)cc1)C1CCN(S(=O)(=O)c2ccccc2)CC1. The fourth-order valence-electron chi connectivity index (χ4n) is 3.08. The summed E-state index contributed by atoms with van der Waals surface area (Å²) in [6, 6.07) is 12.9. The number of sulfonamides is 1. The van der Waals surface area contributed by atoms with E-state index in [4.69, 9.17) is 0 Å². The Morgan fingerprint density at radius 2 is 1.59 bits per heavy atom. The molecule has 1 aliphatic rings. The Morgan fingerprint density at radius 1 is 1.00 bits per heavy atom. The van der Waals surface area contributed by atoms with Crippen LogP contribution in [0.2, 0.25) is 0 Å². The van der Waals surface area contributed by atoms with Crippen LogP contribution >= 0.6 is 0 Å². The van der Waals surface area contributed by atoms with E-state index in [1.807, 2.05) is 0 Å². The molecule has 2 aromatic rings. The molecule has 0 aliphatic carbocycles. The number of nitrogens with zero attached hydrogens (tertiary/aromatic N) is 1. The Balaban J connectivity index is 1.55. The van der Waals surface area contributed by atoms with E-state index in [1.165, 1.54) is 28.6 Å². The molecule has 1 aliphatic heterocycles. The maximum Gasteiger partial charge on any atom is 0.573 e. The van der Waals surface area contributed by atoms with Crippen molar-refractivity contribution in [1.29, 1.82) is 0 Å². The van der Waals surface area contributed by atoms with Gasteiger partial charge >= 0.3 is 6.36 Å². The normalized spacial score (nSPS) is 16.4. The molecule has 0 aromatic heterocycles. The van der Waals surface area contributed by atoms with E-state index in [2.05, 4.69) is 10.1 Å². The van der Waals surface area contributed by atoms with Gasteiger partial charge in [0.15, 0.2) is 0 Å². The maximum absolute atomic E-state index is 12.6. The molecule has 1 heterocycles. The fraction of sp³-hybridized carbons (Fsp3) is 0.316. The molecule has 1 amide bonds. The quantitative estimate of drug-likeness (QED) is 0.789. The van der Waals surface area contributed by atoms with Crippen LogP contribution in [0, 0.1) is 5.92 Å². The summed E-state index contributed by atoms with van der Waals surface area (Å²) < 4.78 is 66.9. The molecule has 1 saturated heterocycles. The van der Waals surface area contributed by atoms with Gasteiger partial charge in [0, 0.05) is 24.7 Å². The zero-order valence-corrected chi connectivity index (χ0v) is 16.0. The van der Waals surface area contributed by atoms with Crippen LogP contribution in [0.15, 0.2) is 59.5 Å². The van der Waals surface area contributed by atoms with Gasteiger partial charge < -0.3 is 10.1 Å². The topological polar surface area (TPSA) is 75.7 Å². The molecule has 6 nitrogen and oxygen atoms in total. The van der Waals surface area contributed by atoms with Crippen LogP contribution in [-0.4, -0.2) is 38.1 Å². The van der Waals surface area contributed by atoms with Gasteiger partial charge in [-0.2, -0.15) is 4.31 Å². The fourth-order valence-corrected chi connectivity index (χ4v) is 4.57. The molecule has 0 unspecified atom stereocenters. The van der Waals surface area contributed by atoms with Gasteiger partial charge in [-0.25, -0.2) is 8.42 Å². The minimum absolute atomic E-state index is 0.212. The first-order valence-corrected chi connectivity index (χ1v) is 10.3. The van der Waals surface area contributed by atoms with E-state index in [0.29, 0.717) is 18.5 Å². The van der Waals surface area contributed by atoms with E-state index < -0.39 is 16.4 Å². The van der Waals surface area contributed by atoms with Crippen molar-refractivity contribution in [2.45, 2.75) is 24.1 Å². The number of hydrogen-bond acceptors (Lipinski definition) is 4. The number of benzene rings is 2. The van der Waals surface area contributed by atoms with Crippen molar-refractivity contribution < 1.29 is 31.1 Å². The number of amides is 1. The molecule has 156 valence electrons. The van der Waals surface area contributed by atoms with E-state index in [1.54, 1.807) is 18.2 Å². The summed E-state index contributed by atoms with van der Waals surface area (Å²) in [7, 11) is -3.59. The molecule has 2 aromatic carbocycles. The molecule has 29 heavy (non-hydrogen) atoms. The first-order chi connectivity index (χ1) is 13.6. The van der Waals surface area contributed by atoms with Crippen molar-refractivity contribution in [3.05, 3.63) is 54.6 Å². The Hall–Kier alpha value is -2.59. The Kier molecular flexibility index (Phi) is 6.13. The van der Waals surface area contributed by atoms with Crippen LogP contribution in [0.1, 0.15) is 12.8 Å². The molecule has 3 rings (SSSR count). The van der Waals surface area contributed by atoms with Gasteiger partial charge in [0.1, 0.15) is 5.75 Å². The van der Waals surface area contributed by atoms with Crippen molar-refractivity contribution in [1.82, 2.24) is 4.31 Å². The van der Waals surface area contributed by atoms with Crippen molar-refractivity contribution in [2.75, 3.05) is 18.4 Å². The van der Waals surface area contributed by atoms with Crippen LogP contribution in [0.4, 0.5) is 18.9 Å². The van der Waals surface area contributed by atoms with Crippen LogP contribution in [0.5, 0.6) is 5.75 Å². The predicted molar refractivity (Wildman–Crippen MR) is 99.7 cm³/mol. The monoisotopic (exact) mass is 428 g/mol. The summed E-state index contributed by atoms with van der Waals surface area (Å²) in [5.74, 6) is -1.07. The highest BCUT2D eigenvalue weighted by atomic mass is 32.2. The zero-order chi connectivity index (χ0) is 21.1. The van der Waals surface area contributed by atoms with Crippen molar-refractivity contribution >= 4 is 21.6 Å². The number of halogens is 3. The number of carbonyl (C=O) groups excluding carboxylic acids is 1. The van der Waals surface area contributed by atoms with E-state index >= 15 is 0 Å². The van der Waals surface area contributed by atoms with Gasteiger partial charge in [0.2, 0.25) is 15.9 Å². The van der Waals surface area contributed by atoms with Crippen LogP contribution in [0.3, 0.4) is 0 Å². The number of anilines is 1. The van der Waals surface area contributed by atoms with Gasteiger partial charge in [0.05, 0.1) is 4.90 Å². The molecule has 1 fully saturated rings. The summed E-state index contributed by atoms with van der Waals surface area (Å²) in [5.41, 5.74) is 0.337. The molecule has 0 bridgehead atoms. The molecule has 0 spiro atoms. The van der Waals surface area contributed by atoms with Gasteiger partial charge in [-0.3, -0.25) is 4.79 Å². The highest BCUT2D eigenvalue weighted by Crippen LogP contribution is 2.26. The number of nitrogens with one attached hydrogen (secondary N) is 1. The number of rotatable bonds is 5. The highest BCUT2D eigenvalue weighted by Gasteiger charge is 2.32. The first-order valence-electron chi connectivity index (χ1n) is 8.87. The summed E-state index contributed by atoms with van der Waals surface area (Å²) >= 11 is 0. The van der Waals surface area contributed by atoms with Gasteiger partial charge in [-0.1, -0.05) is 18.2 Å². The van der Waals surface area contributed by atoms with Crippen LogP contribution < -0.4 is 10.1 Å². The number of alkyl halides is 3. The third-order valence-corrected chi connectivity index (χ3v) is 6.47. The summed E-state index contributed by atoms with van der Waals surface area (Å²) in [5, 5.41) is 2.64. The number of hydrogen-bond donors (Lipinski definition) is 1. The third kappa shape index (κ3) is 5.48. The van der Waals surface area contributed by atoms with Crippen molar-refractivity contribution in [2.24, 2.45) is 5.92 Å². The lowest BCUT2D eigenvalue weighted by atomic mass is 9.97. The van der Waals surface area contributed by atoms with E-state index in [-0.39, 0.29) is 35.6 Å². The van der Waals surface area contributed by atoms with Crippen LogP contribution in [0.25, 0.3) is 0 Å². The number of piperidine rings is 1. The second-order valence-electron chi connectivity index (χ2n) is 6.55. The van der Waals surface area contributed by atoms with Gasteiger partial charge in [0.25, 0.3) is 0 Å². The molecule has 0 atom stereocenters. The standard InChI is InChI=1S/C19H19F3N2O4S/c20-19(21,22)28-16-8-6-15(7-9-16)23-18(25)14-10-12-24(13-11-14)29(26,27)17-4-2-1-3-5-17/h1-9,14H,10-13H2,(H,23,25). The second-order valence-corrected chi connectivity index (χ2v) is 8.49. The minimum atomic E-state index is -4.78. The largest absolute Gasteiger partial charge is 0.573 e. The molecule has 0 saturated carbocycles. The highest BCUT2D eigenvalue weighted by molar-refractivity contribution is 7.89. The number of ether oxygens (including phenoxy) is 1.